The van der Waals surface area contributed by atoms with Gasteiger partial charge < -0.3 is 5.11 Å². The van der Waals surface area contributed by atoms with E-state index in [9.17, 15) is 5.11 Å². The summed E-state index contributed by atoms with van der Waals surface area (Å²) >= 11 is 0. The van der Waals surface area contributed by atoms with Crippen molar-refractivity contribution in [2.45, 2.75) is 0 Å². The second kappa shape index (κ2) is 12.4. The number of imidazole rings is 1. The first-order valence-electron chi connectivity index (χ1n) is 17.0. The summed E-state index contributed by atoms with van der Waals surface area (Å²) in [7, 11) is 47.4. The van der Waals surface area contributed by atoms with Crippen LogP contribution in [-0.4, -0.2) is 69.6 Å². The second-order valence-electron chi connectivity index (χ2n) is 13.2. The minimum absolute atomic E-state index is 0.0384. The smallest absolute Gasteiger partial charge is 0.146 e. The number of hydrogen-bond acceptors (Lipinski definition) is 2. The fraction of sp³-hybridized carbons (Fsp3) is 0. The van der Waals surface area contributed by atoms with Gasteiger partial charge in [-0.2, -0.15) is 0 Å². The molecule has 0 saturated carbocycles. The lowest BCUT2D eigenvalue weighted by Crippen LogP contribution is -2.48. The maximum atomic E-state index is 12.2. The molecule has 0 unspecified atom stereocenters. The summed E-state index contributed by atoms with van der Waals surface area (Å²) in [5.74, 6) is 0.393. The molecule has 0 spiro atoms. The van der Waals surface area contributed by atoms with Crippen molar-refractivity contribution in [3.63, 3.8) is 0 Å². The Labute approximate surface area is 316 Å². The van der Waals surface area contributed by atoms with Crippen molar-refractivity contribution < 1.29 is 5.11 Å². The Morgan fingerprint density at radius 3 is 1.72 bits per heavy atom. The average Bonchev–Trinajstić information content (AvgIpc) is 3.59. The van der Waals surface area contributed by atoms with Crippen molar-refractivity contribution in [3.8, 4) is 45.1 Å². The van der Waals surface area contributed by atoms with Gasteiger partial charge in [0.1, 0.15) is 66.5 Å². The van der Waals surface area contributed by atoms with Crippen LogP contribution in [0.25, 0.3) is 82.7 Å². The number of phenolic OH excluding ortho intramolecular Hbond substituents is 1. The third-order valence-corrected chi connectivity index (χ3v) is 10.3. The Hall–Kier alpha value is -5.74. The predicted octanol–water partition coefficient (Wildman–Crippen LogP) is 2.75. The first-order chi connectivity index (χ1) is 25.7. The summed E-state index contributed by atoms with van der Waals surface area (Å²) in [5.41, 5.74) is 6.62. The van der Waals surface area contributed by atoms with Crippen LogP contribution in [0.15, 0.2) is 121 Å². The molecule has 230 valence electrons. The number of nitrogens with zero attached hydrogens (tertiary/aromatic N) is 2. The van der Waals surface area contributed by atoms with Gasteiger partial charge in [-0.05, 0) is 74.0 Å². The number of aromatic nitrogens is 2. The highest BCUT2D eigenvalue weighted by molar-refractivity contribution is 6.69. The molecule has 14 radical (unpaired) electrons. The summed E-state index contributed by atoms with van der Waals surface area (Å²) in [5, 5.41) is 15.9. The van der Waals surface area contributed by atoms with Crippen LogP contribution in [0.1, 0.15) is 0 Å². The highest BCUT2D eigenvalue weighted by atomic mass is 16.3. The Balaban J connectivity index is 1.52. The number of hydrogen-bond donors (Lipinski definition) is 1. The number of benzene rings is 8. The Morgan fingerprint density at radius 1 is 0.453 bits per heavy atom. The molecule has 8 aromatic carbocycles. The van der Waals surface area contributed by atoms with Gasteiger partial charge in [0, 0.05) is 22.2 Å². The molecule has 3 nitrogen and oxygen atoms in total. The van der Waals surface area contributed by atoms with Gasteiger partial charge in [0.2, 0.25) is 0 Å². The van der Waals surface area contributed by atoms with Crippen LogP contribution in [0.5, 0.6) is 5.75 Å². The lowest BCUT2D eigenvalue weighted by molar-refractivity contribution is 0.486. The van der Waals surface area contributed by atoms with E-state index in [0.717, 1.165) is 38.6 Å². The maximum absolute atomic E-state index is 12.2. The van der Waals surface area contributed by atoms with Crippen LogP contribution in [0.4, 0.5) is 0 Å². The predicted molar refractivity (Wildman–Crippen MR) is 229 cm³/mol. The number of phenols is 1. The minimum atomic E-state index is -0.259. The summed E-state index contributed by atoms with van der Waals surface area (Å²) in [6, 6.07) is 39.7. The van der Waals surface area contributed by atoms with Gasteiger partial charge in [-0.25, -0.2) is 4.98 Å². The zero-order valence-electron chi connectivity index (χ0n) is 28.4. The minimum Gasteiger partial charge on any atom is -0.508 e. The first-order valence-corrected chi connectivity index (χ1v) is 17.0. The molecule has 0 aliphatic rings. The van der Waals surface area contributed by atoms with Gasteiger partial charge in [0.25, 0.3) is 0 Å². The molecule has 9 aromatic rings. The molecule has 1 N–H and O–H groups in total. The van der Waals surface area contributed by atoms with Crippen LogP contribution in [-0.2, 0) is 0 Å². The third-order valence-electron chi connectivity index (χ3n) is 10.3. The normalized spacial score (nSPS) is 11.6. The van der Waals surface area contributed by atoms with Gasteiger partial charge in [-0.1, -0.05) is 113 Å². The van der Waals surface area contributed by atoms with E-state index in [0.29, 0.717) is 44.1 Å². The first kappa shape index (κ1) is 33.1. The van der Waals surface area contributed by atoms with Gasteiger partial charge in [0.05, 0.1) is 11.0 Å². The van der Waals surface area contributed by atoms with Gasteiger partial charge in [-0.3, -0.25) is 4.57 Å². The number of fused-ring (bicyclic) bond motifs is 4. The van der Waals surface area contributed by atoms with E-state index in [1.54, 1.807) is 0 Å². The number of para-hydroxylation sites is 3. The van der Waals surface area contributed by atoms with Crippen LogP contribution in [0.3, 0.4) is 0 Å². The molecule has 9 rings (SSSR count). The van der Waals surface area contributed by atoms with E-state index in [-0.39, 0.29) is 44.0 Å². The van der Waals surface area contributed by atoms with E-state index >= 15 is 0 Å². The molecule has 0 saturated heterocycles. The number of aromatic hydroxyl groups is 1. The molecule has 0 bridgehead atoms. The standard InChI is InChI=1S/C43H21B7N2O/c44-35-31-29(23-19-18-21-10-4-5-11-22(21)20-23)32-34(42(53)41(50)40(49)36(32)45)30(33(31)37(46)39(48)38(35)47)25-14-6-7-15-26(25)43-51-27-16-8-9-17-28(27)52(43)24-12-2-1-3-13-24/h1-20,53H. The second-order valence-corrected chi connectivity index (χ2v) is 13.2. The molecule has 53 heavy (non-hydrogen) atoms. The highest BCUT2D eigenvalue weighted by Crippen LogP contribution is 2.47. The molecule has 0 atom stereocenters. The molecule has 0 fully saturated rings. The average molecular weight is 657 g/mol. The van der Waals surface area contributed by atoms with Crippen LogP contribution in [0.2, 0.25) is 0 Å². The summed E-state index contributed by atoms with van der Waals surface area (Å²) in [4.78, 5) is 5.17. The monoisotopic (exact) mass is 658 g/mol. The molecule has 1 aromatic heterocycles. The molecule has 10 heteroatoms. The number of rotatable bonds is 4. The molecular weight excluding hydrogens is 636 g/mol. The Morgan fingerprint density at radius 2 is 1.00 bits per heavy atom. The van der Waals surface area contributed by atoms with Crippen molar-refractivity contribution in [2.75, 3.05) is 0 Å². The maximum Gasteiger partial charge on any atom is 0.146 e. The molecule has 0 aliphatic heterocycles. The molecule has 0 amide bonds. The van der Waals surface area contributed by atoms with Crippen LogP contribution < -0.4 is 38.2 Å². The van der Waals surface area contributed by atoms with Crippen LogP contribution >= 0.6 is 0 Å². The summed E-state index contributed by atoms with van der Waals surface area (Å²) in [6.45, 7) is 0. The third kappa shape index (κ3) is 4.88. The Kier molecular flexibility index (Phi) is 7.78. The van der Waals surface area contributed by atoms with Crippen molar-refractivity contribution in [2.24, 2.45) is 0 Å². The van der Waals surface area contributed by atoms with Crippen molar-refractivity contribution in [3.05, 3.63) is 121 Å². The van der Waals surface area contributed by atoms with E-state index < -0.39 is 0 Å². The molecule has 0 aliphatic carbocycles. The highest BCUT2D eigenvalue weighted by Gasteiger charge is 2.28. The Bertz CT molecular complexity index is 2910. The van der Waals surface area contributed by atoms with Gasteiger partial charge in [-0.15, -0.1) is 16.4 Å². The van der Waals surface area contributed by atoms with Crippen molar-refractivity contribution in [1.29, 1.82) is 0 Å². The summed E-state index contributed by atoms with van der Waals surface area (Å²) < 4.78 is 2.10. The quantitative estimate of drug-likeness (QED) is 0.234. The van der Waals surface area contributed by atoms with Crippen molar-refractivity contribution in [1.82, 2.24) is 9.55 Å². The fourth-order valence-electron chi connectivity index (χ4n) is 7.74. The zero-order valence-corrected chi connectivity index (χ0v) is 28.4. The fourth-order valence-corrected chi connectivity index (χ4v) is 7.74. The molecular formula is C43H21B7N2O. The summed E-state index contributed by atoms with van der Waals surface area (Å²) in [6.07, 6.45) is 0. The topological polar surface area (TPSA) is 38.0 Å². The lowest BCUT2D eigenvalue weighted by atomic mass is 9.61. The van der Waals surface area contributed by atoms with E-state index in [1.165, 1.54) is 0 Å². The SMILES string of the molecule is [B]c1c([B])c([B])c2c(-c3ccccc3-c3nc4ccccc4n3-c3ccccc3)c3c(O)c([B])c([B])c([B])c3c(-c3ccc4ccccc4c3)c2c1[B]. The van der Waals surface area contributed by atoms with Crippen molar-refractivity contribution >= 4 is 137 Å². The zero-order chi connectivity index (χ0) is 36.7. The van der Waals surface area contributed by atoms with Gasteiger partial charge in [0.15, 0.2) is 0 Å². The molecule has 1 heterocycles. The van der Waals surface area contributed by atoms with E-state index in [4.69, 9.17) is 59.9 Å². The largest absolute Gasteiger partial charge is 0.508 e. The van der Waals surface area contributed by atoms with Crippen LogP contribution in [0, 0.1) is 0 Å². The lowest BCUT2D eigenvalue weighted by Gasteiger charge is -2.28. The van der Waals surface area contributed by atoms with E-state index in [2.05, 4.69) is 4.57 Å². The van der Waals surface area contributed by atoms with Gasteiger partial charge >= 0.3 is 0 Å². The van der Waals surface area contributed by atoms with E-state index in [1.807, 2.05) is 121 Å².